The van der Waals surface area contributed by atoms with Gasteiger partial charge in [-0.2, -0.15) is 0 Å². The Morgan fingerprint density at radius 2 is 1.95 bits per heavy atom. The van der Waals surface area contributed by atoms with Crippen molar-refractivity contribution in [1.82, 2.24) is 0 Å². The van der Waals surface area contributed by atoms with Crippen LogP contribution in [0.2, 0.25) is 5.02 Å². The normalized spacial score (nSPS) is 11.8. The summed E-state index contributed by atoms with van der Waals surface area (Å²) in [7, 11) is 0. The summed E-state index contributed by atoms with van der Waals surface area (Å²) in [6.45, 7) is 1.85. The molecule has 0 heterocycles. The molecule has 0 aliphatic carbocycles. The SMILES string of the molecule is CC(N)c1cccc(NC(=O)Nc2c(F)cccc2Cl)c1. The van der Waals surface area contributed by atoms with Crippen molar-refractivity contribution in [3.63, 3.8) is 0 Å². The largest absolute Gasteiger partial charge is 0.324 e. The topological polar surface area (TPSA) is 67.1 Å². The summed E-state index contributed by atoms with van der Waals surface area (Å²) in [5.41, 5.74) is 7.18. The first-order chi connectivity index (χ1) is 9.97. The minimum atomic E-state index is -0.595. The quantitative estimate of drug-likeness (QED) is 0.797. The highest BCUT2D eigenvalue weighted by molar-refractivity contribution is 6.33. The van der Waals surface area contributed by atoms with Gasteiger partial charge in [-0.3, -0.25) is 0 Å². The van der Waals surface area contributed by atoms with Crippen molar-refractivity contribution in [3.05, 3.63) is 58.9 Å². The van der Waals surface area contributed by atoms with Crippen molar-refractivity contribution in [2.75, 3.05) is 10.6 Å². The summed E-state index contributed by atoms with van der Waals surface area (Å²) >= 11 is 5.84. The summed E-state index contributed by atoms with van der Waals surface area (Å²) in [6, 6.07) is 10.6. The third kappa shape index (κ3) is 3.93. The van der Waals surface area contributed by atoms with Gasteiger partial charge in [-0.15, -0.1) is 0 Å². The number of carbonyl (C=O) groups is 1. The third-order valence-electron chi connectivity index (χ3n) is 2.87. The van der Waals surface area contributed by atoms with Crippen molar-refractivity contribution >= 4 is 29.0 Å². The van der Waals surface area contributed by atoms with E-state index in [1.54, 1.807) is 18.2 Å². The van der Waals surface area contributed by atoms with Gasteiger partial charge in [-0.25, -0.2) is 9.18 Å². The first-order valence-electron chi connectivity index (χ1n) is 6.35. The van der Waals surface area contributed by atoms with Crippen molar-refractivity contribution in [3.8, 4) is 0 Å². The van der Waals surface area contributed by atoms with Crippen LogP contribution in [0.15, 0.2) is 42.5 Å². The smallest absolute Gasteiger partial charge is 0.323 e. The molecule has 0 aliphatic heterocycles. The monoisotopic (exact) mass is 307 g/mol. The molecule has 21 heavy (non-hydrogen) atoms. The maximum Gasteiger partial charge on any atom is 0.323 e. The van der Waals surface area contributed by atoms with Gasteiger partial charge in [0.15, 0.2) is 0 Å². The number of anilines is 2. The molecule has 110 valence electrons. The number of nitrogens with two attached hydrogens (primary N) is 1. The number of urea groups is 1. The van der Waals surface area contributed by atoms with E-state index in [0.717, 1.165) is 5.56 Å². The van der Waals surface area contributed by atoms with E-state index in [-0.39, 0.29) is 16.8 Å². The van der Waals surface area contributed by atoms with Gasteiger partial charge in [0, 0.05) is 11.7 Å². The van der Waals surface area contributed by atoms with E-state index >= 15 is 0 Å². The van der Waals surface area contributed by atoms with Crippen LogP contribution >= 0.6 is 11.6 Å². The minimum absolute atomic E-state index is 0.0555. The molecule has 4 nitrogen and oxygen atoms in total. The molecule has 0 spiro atoms. The molecule has 2 aromatic carbocycles. The van der Waals surface area contributed by atoms with Gasteiger partial charge in [0.25, 0.3) is 0 Å². The Hall–Kier alpha value is -2.11. The number of amides is 2. The van der Waals surface area contributed by atoms with Crippen LogP contribution in [-0.4, -0.2) is 6.03 Å². The van der Waals surface area contributed by atoms with Gasteiger partial charge >= 0.3 is 6.03 Å². The predicted octanol–water partition coefficient (Wildman–Crippen LogP) is 4.14. The molecular formula is C15H15ClFN3O. The zero-order valence-electron chi connectivity index (χ0n) is 11.4. The fourth-order valence-electron chi connectivity index (χ4n) is 1.79. The fourth-order valence-corrected chi connectivity index (χ4v) is 2.00. The van der Waals surface area contributed by atoms with E-state index in [9.17, 15) is 9.18 Å². The number of carbonyl (C=O) groups excluding carboxylic acids is 1. The second kappa shape index (κ2) is 6.56. The number of hydrogen-bond acceptors (Lipinski definition) is 2. The van der Waals surface area contributed by atoms with Crippen LogP contribution in [0.3, 0.4) is 0 Å². The van der Waals surface area contributed by atoms with Gasteiger partial charge in [-0.05, 0) is 36.8 Å². The van der Waals surface area contributed by atoms with Gasteiger partial charge in [0.2, 0.25) is 0 Å². The summed E-state index contributed by atoms with van der Waals surface area (Å²) in [6.07, 6.45) is 0. The van der Waals surface area contributed by atoms with E-state index in [1.807, 2.05) is 13.0 Å². The standard InChI is InChI=1S/C15H15ClFN3O/c1-9(18)10-4-2-5-11(8-10)19-15(21)20-14-12(16)6-3-7-13(14)17/h2-9H,18H2,1H3,(H2,19,20,21). The maximum absolute atomic E-state index is 13.6. The van der Waals surface area contributed by atoms with E-state index in [2.05, 4.69) is 10.6 Å². The van der Waals surface area contributed by atoms with Gasteiger partial charge in [-0.1, -0.05) is 29.8 Å². The van der Waals surface area contributed by atoms with Crippen LogP contribution in [-0.2, 0) is 0 Å². The number of hydrogen-bond donors (Lipinski definition) is 3. The van der Waals surface area contributed by atoms with Crippen LogP contribution in [0, 0.1) is 5.82 Å². The molecule has 4 N–H and O–H groups in total. The van der Waals surface area contributed by atoms with Crippen LogP contribution in [0.4, 0.5) is 20.6 Å². The second-order valence-electron chi connectivity index (χ2n) is 4.59. The summed E-state index contributed by atoms with van der Waals surface area (Å²) in [5, 5.41) is 5.13. The van der Waals surface area contributed by atoms with Crippen molar-refractivity contribution in [2.45, 2.75) is 13.0 Å². The highest BCUT2D eigenvalue weighted by Crippen LogP contribution is 2.25. The van der Waals surface area contributed by atoms with E-state index in [0.29, 0.717) is 5.69 Å². The number of halogens is 2. The lowest BCUT2D eigenvalue weighted by atomic mass is 10.1. The van der Waals surface area contributed by atoms with Gasteiger partial charge in [0.05, 0.1) is 10.7 Å². The van der Waals surface area contributed by atoms with Crippen LogP contribution in [0.25, 0.3) is 0 Å². The molecule has 2 aromatic rings. The van der Waals surface area contributed by atoms with Crippen LogP contribution in [0.5, 0.6) is 0 Å². The maximum atomic E-state index is 13.6. The average molecular weight is 308 g/mol. The number of benzene rings is 2. The minimum Gasteiger partial charge on any atom is -0.324 e. The molecule has 0 radical (unpaired) electrons. The Morgan fingerprint density at radius 3 is 2.62 bits per heavy atom. The van der Waals surface area contributed by atoms with Crippen LogP contribution < -0.4 is 16.4 Å². The lowest BCUT2D eigenvalue weighted by molar-refractivity contribution is 0.262. The Kier molecular flexibility index (Phi) is 4.77. The molecule has 0 aliphatic rings. The van der Waals surface area contributed by atoms with Crippen LogP contribution in [0.1, 0.15) is 18.5 Å². The molecule has 2 rings (SSSR count). The molecule has 0 saturated carbocycles. The van der Waals surface area contributed by atoms with Crippen molar-refractivity contribution in [2.24, 2.45) is 5.73 Å². The number of nitrogens with one attached hydrogen (secondary N) is 2. The lowest BCUT2D eigenvalue weighted by Gasteiger charge is -2.11. The first-order valence-corrected chi connectivity index (χ1v) is 6.72. The van der Waals surface area contributed by atoms with Gasteiger partial charge < -0.3 is 16.4 Å². The zero-order chi connectivity index (χ0) is 15.4. The molecule has 1 atom stereocenters. The molecule has 0 aromatic heterocycles. The Labute approximate surface area is 127 Å². The first kappa shape index (κ1) is 15.3. The third-order valence-corrected chi connectivity index (χ3v) is 3.19. The summed E-state index contributed by atoms with van der Waals surface area (Å²) in [4.78, 5) is 11.9. The molecule has 1 unspecified atom stereocenters. The van der Waals surface area contributed by atoms with Crippen molar-refractivity contribution < 1.29 is 9.18 Å². The Balaban J connectivity index is 2.10. The number of para-hydroxylation sites is 1. The molecule has 0 saturated heterocycles. The highest BCUT2D eigenvalue weighted by Gasteiger charge is 2.11. The predicted molar refractivity (Wildman–Crippen MR) is 83.1 cm³/mol. The van der Waals surface area contributed by atoms with E-state index in [1.165, 1.54) is 18.2 Å². The Bertz CT molecular complexity index is 641. The lowest BCUT2D eigenvalue weighted by Crippen LogP contribution is -2.20. The molecule has 2 amide bonds. The van der Waals surface area contributed by atoms with E-state index < -0.39 is 11.8 Å². The average Bonchev–Trinajstić information content (AvgIpc) is 2.43. The Morgan fingerprint density at radius 1 is 1.24 bits per heavy atom. The number of rotatable bonds is 3. The second-order valence-corrected chi connectivity index (χ2v) is 5.00. The summed E-state index contributed by atoms with van der Waals surface area (Å²) < 4.78 is 13.6. The molecular weight excluding hydrogens is 293 g/mol. The molecule has 0 bridgehead atoms. The molecule has 0 fully saturated rings. The molecule has 6 heteroatoms. The fraction of sp³-hybridized carbons (Fsp3) is 0.133. The zero-order valence-corrected chi connectivity index (χ0v) is 12.1. The summed E-state index contributed by atoms with van der Waals surface area (Å²) in [5.74, 6) is -0.595. The highest BCUT2D eigenvalue weighted by atomic mass is 35.5. The van der Waals surface area contributed by atoms with Gasteiger partial charge in [0.1, 0.15) is 5.82 Å². The van der Waals surface area contributed by atoms with Crippen molar-refractivity contribution in [1.29, 1.82) is 0 Å². The van der Waals surface area contributed by atoms with E-state index in [4.69, 9.17) is 17.3 Å².